The third kappa shape index (κ3) is 2.48. The van der Waals surface area contributed by atoms with Crippen LogP contribution >= 0.6 is 11.6 Å². The Bertz CT molecular complexity index is 953. The molecular weight excluding hydrogens is 330 g/mol. The van der Waals surface area contributed by atoms with Crippen molar-refractivity contribution in [3.05, 3.63) is 47.2 Å². The van der Waals surface area contributed by atoms with E-state index in [0.717, 1.165) is 0 Å². The number of rotatable bonds is 2. The molecule has 0 radical (unpaired) electrons. The van der Waals surface area contributed by atoms with E-state index in [4.69, 9.17) is 11.6 Å². The van der Waals surface area contributed by atoms with Crippen molar-refractivity contribution >= 4 is 17.5 Å². The van der Waals surface area contributed by atoms with Gasteiger partial charge in [0.2, 0.25) is 0 Å². The van der Waals surface area contributed by atoms with Gasteiger partial charge in [-0.2, -0.15) is 5.10 Å². The van der Waals surface area contributed by atoms with Crippen molar-refractivity contribution < 1.29 is 9.90 Å². The van der Waals surface area contributed by atoms with Gasteiger partial charge in [0.05, 0.1) is 17.3 Å². The van der Waals surface area contributed by atoms with E-state index in [1.807, 2.05) is 0 Å². The van der Waals surface area contributed by atoms with Crippen LogP contribution < -0.4 is 5.32 Å². The Morgan fingerprint density at radius 2 is 2.08 bits per heavy atom. The van der Waals surface area contributed by atoms with Crippen molar-refractivity contribution in [1.82, 2.24) is 25.1 Å². The fourth-order valence-electron chi connectivity index (χ4n) is 2.55. The van der Waals surface area contributed by atoms with E-state index in [0.29, 0.717) is 41.6 Å². The highest BCUT2D eigenvalue weighted by atomic mass is 35.5. The second kappa shape index (κ2) is 5.61. The third-order valence-electron chi connectivity index (χ3n) is 3.75. The summed E-state index contributed by atoms with van der Waals surface area (Å²) < 4.78 is 1.67. The predicted octanol–water partition coefficient (Wildman–Crippen LogP) is 2.11. The van der Waals surface area contributed by atoms with Crippen LogP contribution in [0.1, 0.15) is 10.5 Å². The van der Waals surface area contributed by atoms with Gasteiger partial charge < -0.3 is 10.4 Å². The summed E-state index contributed by atoms with van der Waals surface area (Å²) in [5.74, 6) is 0.328. The molecule has 0 saturated carbocycles. The van der Waals surface area contributed by atoms with Gasteiger partial charge >= 0.3 is 0 Å². The normalized spacial score (nSPS) is 13.5. The molecule has 0 atom stereocenters. The van der Waals surface area contributed by atoms with Gasteiger partial charge in [0.25, 0.3) is 5.91 Å². The zero-order chi connectivity index (χ0) is 16.7. The Kier molecular flexibility index (Phi) is 3.42. The van der Waals surface area contributed by atoms with E-state index in [1.54, 1.807) is 35.1 Å². The molecule has 0 saturated heterocycles. The van der Waals surface area contributed by atoms with Crippen molar-refractivity contribution in [3.8, 4) is 28.5 Å². The Morgan fingerprint density at radius 3 is 2.88 bits per heavy atom. The topological polar surface area (TPSA) is 92.9 Å². The first-order chi connectivity index (χ1) is 11.6. The van der Waals surface area contributed by atoms with Crippen LogP contribution in [0.25, 0.3) is 22.8 Å². The number of carbonyl (C=O) groups excluding carboxylic acids is 1. The number of benzene rings is 1. The molecule has 0 unspecified atom stereocenters. The number of aromatic hydroxyl groups is 1. The van der Waals surface area contributed by atoms with E-state index in [2.05, 4.69) is 20.4 Å². The predicted molar refractivity (Wildman–Crippen MR) is 87.7 cm³/mol. The van der Waals surface area contributed by atoms with Crippen molar-refractivity contribution in [3.63, 3.8) is 0 Å². The molecule has 1 aromatic carbocycles. The lowest BCUT2D eigenvalue weighted by atomic mass is 10.2. The minimum atomic E-state index is -0.139. The summed E-state index contributed by atoms with van der Waals surface area (Å²) in [6, 6.07) is 8.23. The van der Waals surface area contributed by atoms with Gasteiger partial charge in [0.15, 0.2) is 5.82 Å². The maximum Gasteiger partial charge on any atom is 0.269 e. The van der Waals surface area contributed by atoms with Crippen LogP contribution in [-0.4, -0.2) is 37.3 Å². The number of halogens is 1. The first-order valence-electron chi connectivity index (χ1n) is 7.30. The van der Waals surface area contributed by atoms with Crippen molar-refractivity contribution in [1.29, 1.82) is 0 Å². The average Bonchev–Trinajstić information content (AvgIpc) is 3.03. The number of nitrogens with zero attached hydrogens (tertiary/aromatic N) is 4. The van der Waals surface area contributed by atoms with Gasteiger partial charge in [-0.1, -0.05) is 11.6 Å². The molecular formula is C16H12ClN5O2. The summed E-state index contributed by atoms with van der Waals surface area (Å²) in [5.41, 5.74) is 2.42. The van der Waals surface area contributed by atoms with Gasteiger partial charge in [-0.15, -0.1) is 0 Å². The summed E-state index contributed by atoms with van der Waals surface area (Å²) in [6.07, 6.45) is 1.62. The lowest BCUT2D eigenvalue weighted by Crippen LogP contribution is -2.35. The zero-order valence-electron chi connectivity index (χ0n) is 12.4. The number of hydrogen-bond donors (Lipinski definition) is 2. The molecule has 0 bridgehead atoms. The molecule has 2 N–H and O–H groups in total. The Balaban J connectivity index is 1.75. The first kappa shape index (κ1) is 14.6. The highest BCUT2D eigenvalue weighted by Crippen LogP contribution is 2.28. The SMILES string of the molecule is O=C1NCCn2nc(-c3ccnc(-c4ccc(O)c(Cl)c4)n3)cc21. The molecule has 8 heteroatoms. The maximum atomic E-state index is 11.8. The molecule has 7 nitrogen and oxygen atoms in total. The molecule has 1 aliphatic heterocycles. The molecule has 0 aliphatic carbocycles. The monoisotopic (exact) mass is 341 g/mol. The van der Waals surface area contributed by atoms with Crippen LogP contribution in [0.5, 0.6) is 5.75 Å². The molecule has 0 spiro atoms. The second-order valence-electron chi connectivity index (χ2n) is 5.33. The van der Waals surface area contributed by atoms with Gasteiger partial charge in [0, 0.05) is 18.3 Å². The quantitative estimate of drug-likeness (QED) is 0.744. The zero-order valence-corrected chi connectivity index (χ0v) is 13.2. The molecule has 3 aromatic rings. The number of nitrogens with one attached hydrogen (secondary N) is 1. The van der Waals surface area contributed by atoms with Crippen LogP contribution in [-0.2, 0) is 6.54 Å². The van der Waals surface area contributed by atoms with Crippen LogP contribution in [0.4, 0.5) is 0 Å². The number of amides is 1. The van der Waals surface area contributed by atoms with Gasteiger partial charge in [-0.05, 0) is 30.3 Å². The minimum Gasteiger partial charge on any atom is -0.506 e. The Hall–Kier alpha value is -2.93. The second-order valence-corrected chi connectivity index (χ2v) is 5.73. The summed E-state index contributed by atoms with van der Waals surface area (Å²) in [4.78, 5) is 20.6. The number of fused-ring (bicyclic) bond motifs is 1. The summed E-state index contributed by atoms with van der Waals surface area (Å²) in [5, 5.41) is 17.0. The van der Waals surface area contributed by atoms with E-state index in [9.17, 15) is 9.90 Å². The van der Waals surface area contributed by atoms with Crippen LogP contribution in [0.3, 0.4) is 0 Å². The number of hydrogen-bond acceptors (Lipinski definition) is 5. The minimum absolute atomic E-state index is 0.00404. The lowest BCUT2D eigenvalue weighted by molar-refractivity contribution is 0.0924. The number of phenolic OH excluding ortho intramolecular Hbond substituents is 1. The molecule has 3 heterocycles. The highest BCUT2D eigenvalue weighted by molar-refractivity contribution is 6.32. The molecule has 4 rings (SSSR count). The molecule has 1 aliphatic rings. The maximum absolute atomic E-state index is 11.8. The molecule has 1 amide bonds. The van der Waals surface area contributed by atoms with E-state index >= 15 is 0 Å². The van der Waals surface area contributed by atoms with E-state index in [-0.39, 0.29) is 16.7 Å². The molecule has 24 heavy (non-hydrogen) atoms. The smallest absolute Gasteiger partial charge is 0.269 e. The standard InChI is InChI=1S/C16H12ClN5O2/c17-10-7-9(1-2-14(10)23)15-18-4-3-11(20-15)12-8-13-16(24)19-5-6-22(13)21-12/h1-4,7-8,23H,5-6H2,(H,19,24). The van der Waals surface area contributed by atoms with Crippen molar-refractivity contribution in [2.24, 2.45) is 0 Å². The number of carbonyl (C=O) groups is 1. The summed E-state index contributed by atoms with van der Waals surface area (Å²) in [7, 11) is 0. The molecule has 120 valence electrons. The first-order valence-corrected chi connectivity index (χ1v) is 7.68. The Morgan fingerprint density at radius 1 is 1.21 bits per heavy atom. The van der Waals surface area contributed by atoms with E-state index < -0.39 is 0 Å². The van der Waals surface area contributed by atoms with Crippen LogP contribution in [0, 0.1) is 0 Å². The van der Waals surface area contributed by atoms with E-state index in [1.165, 1.54) is 6.07 Å². The van der Waals surface area contributed by atoms with Crippen LogP contribution in [0.2, 0.25) is 5.02 Å². The van der Waals surface area contributed by atoms with Crippen LogP contribution in [0.15, 0.2) is 36.5 Å². The third-order valence-corrected chi connectivity index (χ3v) is 4.05. The fraction of sp³-hybridized carbons (Fsp3) is 0.125. The molecule has 2 aromatic heterocycles. The van der Waals surface area contributed by atoms with Crippen molar-refractivity contribution in [2.75, 3.05) is 6.54 Å². The van der Waals surface area contributed by atoms with Gasteiger partial charge in [0.1, 0.15) is 17.1 Å². The number of phenols is 1. The summed E-state index contributed by atoms with van der Waals surface area (Å²) in [6.45, 7) is 1.20. The summed E-state index contributed by atoms with van der Waals surface area (Å²) >= 11 is 5.94. The number of aromatic nitrogens is 4. The average molecular weight is 342 g/mol. The highest BCUT2D eigenvalue weighted by Gasteiger charge is 2.20. The van der Waals surface area contributed by atoms with Gasteiger partial charge in [-0.25, -0.2) is 9.97 Å². The lowest BCUT2D eigenvalue weighted by Gasteiger charge is -2.13. The molecule has 0 fully saturated rings. The largest absolute Gasteiger partial charge is 0.506 e. The van der Waals surface area contributed by atoms with Crippen molar-refractivity contribution in [2.45, 2.75) is 6.54 Å². The fourth-order valence-corrected chi connectivity index (χ4v) is 2.73. The Labute approximate surface area is 141 Å². The van der Waals surface area contributed by atoms with Gasteiger partial charge in [-0.3, -0.25) is 9.48 Å².